The van der Waals surface area contributed by atoms with Crippen molar-refractivity contribution in [1.29, 1.82) is 0 Å². The van der Waals surface area contributed by atoms with Crippen LogP contribution in [0.1, 0.15) is 29.7 Å². The molecule has 0 saturated heterocycles. The van der Waals surface area contributed by atoms with Crippen LogP contribution in [0.15, 0.2) is 100 Å². The molecule has 6 nitrogen and oxygen atoms in total. The third-order valence-corrected chi connectivity index (χ3v) is 6.95. The number of thiazole rings is 1. The summed E-state index contributed by atoms with van der Waals surface area (Å²) >= 11 is 1.27. The van der Waals surface area contributed by atoms with E-state index in [1.165, 1.54) is 11.3 Å². The second kappa shape index (κ2) is 11.2. The van der Waals surface area contributed by atoms with E-state index in [1.54, 1.807) is 17.6 Å². The molecule has 5 rings (SSSR count). The molecule has 0 N–H and O–H groups in total. The number of rotatable bonds is 7. The zero-order valence-corrected chi connectivity index (χ0v) is 21.5. The van der Waals surface area contributed by atoms with E-state index in [1.807, 2.05) is 84.9 Å². The number of esters is 1. The molecule has 4 aromatic rings. The maximum atomic E-state index is 13.9. The fourth-order valence-electron chi connectivity index (χ4n) is 4.36. The average Bonchev–Trinajstić information content (AvgIpc) is 3.26. The van der Waals surface area contributed by atoms with Gasteiger partial charge >= 0.3 is 5.97 Å². The van der Waals surface area contributed by atoms with E-state index in [2.05, 4.69) is 5.92 Å². The lowest BCUT2D eigenvalue weighted by Crippen LogP contribution is -2.39. The maximum absolute atomic E-state index is 13.9. The normalized spacial score (nSPS) is 14.8. The van der Waals surface area contributed by atoms with Gasteiger partial charge < -0.3 is 9.47 Å². The van der Waals surface area contributed by atoms with E-state index < -0.39 is 12.0 Å². The lowest BCUT2D eigenvalue weighted by atomic mass is 9.93. The van der Waals surface area contributed by atoms with Crippen LogP contribution in [0.25, 0.3) is 11.8 Å². The van der Waals surface area contributed by atoms with Gasteiger partial charge in [0.1, 0.15) is 12.4 Å². The highest BCUT2D eigenvalue weighted by atomic mass is 32.1. The lowest BCUT2D eigenvalue weighted by Gasteiger charge is -2.25. The first kappa shape index (κ1) is 25.0. The van der Waals surface area contributed by atoms with Gasteiger partial charge in [-0.05, 0) is 36.3 Å². The Bertz CT molecular complexity index is 1730. The number of ether oxygens (including phenoxy) is 2. The molecule has 1 aromatic heterocycles. The number of nitrogens with zero attached hydrogens (tertiary/aromatic N) is 2. The maximum Gasteiger partial charge on any atom is 0.338 e. The third kappa shape index (κ3) is 4.95. The predicted octanol–water partition coefficient (Wildman–Crippen LogP) is 3.95. The number of terminal acetylenes is 1. The monoisotopic (exact) mass is 520 g/mol. The fraction of sp³-hybridized carbons (Fsp3) is 0.129. The van der Waals surface area contributed by atoms with Crippen molar-refractivity contribution >= 4 is 29.1 Å². The van der Waals surface area contributed by atoms with E-state index in [0.29, 0.717) is 26.4 Å². The Morgan fingerprint density at radius 3 is 2.53 bits per heavy atom. The number of hydrogen-bond donors (Lipinski definition) is 0. The first-order valence-electron chi connectivity index (χ1n) is 12.1. The highest BCUT2D eigenvalue weighted by Crippen LogP contribution is 2.35. The molecule has 2 heterocycles. The molecule has 0 aliphatic carbocycles. The summed E-state index contributed by atoms with van der Waals surface area (Å²) in [5, 5.41) is 0. The summed E-state index contributed by atoms with van der Waals surface area (Å²) in [7, 11) is 0. The van der Waals surface area contributed by atoms with Crippen molar-refractivity contribution in [3.05, 3.63) is 127 Å². The molecule has 1 aliphatic heterocycles. The molecule has 0 radical (unpaired) electrons. The Hall–Kier alpha value is -4.67. The fourth-order valence-corrected chi connectivity index (χ4v) is 5.36. The van der Waals surface area contributed by atoms with Crippen molar-refractivity contribution in [2.75, 3.05) is 13.2 Å². The number of hydrogen-bond acceptors (Lipinski definition) is 6. The van der Waals surface area contributed by atoms with Gasteiger partial charge in [-0.3, -0.25) is 9.36 Å². The SMILES string of the molecule is C#CCOc1cccc(/C=c2\sc3n(c2=O)[C@@H](c2ccccc2)C(C(=O)OCC)=C(c2ccccc2)N=3)c1. The number of carbonyl (C=O) groups is 1. The average molecular weight is 521 g/mol. The zero-order chi connectivity index (χ0) is 26.5. The molecule has 0 saturated carbocycles. The quantitative estimate of drug-likeness (QED) is 0.273. The van der Waals surface area contributed by atoms with Crippen molar-refractivity contribution in [2.45, 2.75) is 13.0 Å². The van der Waals surface area contributed by atoms with Crippen LogP contribution >= 0.6 is 11.3 Å². The molecule has 0 fully saturated rings. The summed E-state index contributed by atoms with van der Waals surface area (Å²) in [6, 6.07) is 25.6. The van der Waals surface area contributed by atoms with Crippen LogP contribution in [0.3, 0.4) is 0 Å². The summed E-state index contributed by atoms with van der Waals surface area (Å²) in [5.41, 5.74) is 2.92. The van der Waals surface area contributed by atoms with E-state index in [9.17, 15) is 9.59 Å². The van der Waals surface area contributed by atoms with Gasteiger partial charge in [0.15, 0.2) is 4.80 Å². The lowest BCUT2D eigenvalue weighted by molar-refractivity contribution is -0.138. The van der Waals surface area contributed by atoms with Crippen molar-refractivity contribution in [3.8, 4) is 18.1 Å². The van der Waals surface area contributed by atoms with E-state index in [0.717, 1.165) is 16.7 Å². The van der Waals surface area contributed by atoms with E-state index in [-0.39, 0.29) is 18.8 Å². The van der Waals surface area contributed by atoms with E-state index >= 15 is 0 Å². The van der Waals surface area contributed by atoms with Gasteiger partial charge in [0, 0.05) is 5.56 Å². The van der Waals surface area contributed by atoms with Gasteiger partial charge in [0.25, 0.3) is 5.56 Å². The molecule has 0 amide bonds. The van der Waals surface area contributed by atoms with Crippen LogP contribution in [0.5, 0.6) is 5.75 Å². The standard InChI is InChI=1S/C31H24N2O4S/c1-3-18-37-24-17-11-12-21(19-24)20-25-29(34)33-28(23-15-9-6-10-16-23)26(30(35)36-4-2)27(32-31(33)38-25)22-13-7-5-8-14-22/h1,5-17,19-20,28H,4,18H2,2H3/b25-20-/t28-/m0/s1. The van der Waals surface area contributed by atoms with Crippen LogP contribution in [0, 0.1) is 12.3 Å². The first-order valence-corrected chi connectivity index (χ1v) is 12.9. The van der Waals surface area contributed by atoms with Crippen LogP contribution in [-0.4, -0.2) is 23.8 Å². The Morgan fingerprint density at radius 1 is 1.08 bits per heavy atom. The minimum absolute atomic E-state index is 0.154. The van der Waals surface area contributed by atoms with Crippen LogP contribution in [0.4, 0.5) is 0 Å². The van der Waals surface area contributed by atoms with Gasteiger partial charge in [-0.15, -0.1) is 6.42 Å². The Morgan fingerprint density at radius 2 is 1.82 bits per heavy atom. The summed E-state index contributed by atoms with van der Waals surface area (Å²) in [6.45, 7) is 2.12. The molecule has 1 aliphatic rings. The van der Waals surface area contributed by atoms with Gasteiger partial charge in [-0.1, -0.05) is 90.1 Å². The van der Waals surface area contributed by atoms with Crippen molar-refractivity contribution in [3.63, 3.8) is 0 Å². The molecule has 0 unspecified atom stereocenters. The Balaban J connectivity index is 1.76. The van der Waals surface area contributed by atoms with E-state index in [4.69, 9.17) is 20.9 Å². The smallest absolute Gasteiger partial charge is 0.338 e. The number of benzene rings is 3. The summed E-state index contributed by atoms with van der Waals surface area (Å²) in [5.74, 6) is 2.56. The topological polar surface area (TPSA) is 69.9 Å². The summed E-state index contributed by atoms with van der Waals surface area (Å²) in [4.78, 5) is 32.7. The molecule has 0 spiro atoms. The highest BCUT2D eigenvalue weighted by molar-refractivity contribution is 7.07. The first-order chi connectivity index (χ1) is 18.6. The van der Waals surface area contributed by atoms with Gasteiger partial charge in [0.2, 0.25) is 0 Å². The van der Waals surface area contributed by atoms with Gasteiger partial charge in [-0.25, -0.2) is 9.79 Å². The molecular weight excluding hydrogens is 496 g/mol. The van der Waals surface area contributed by atoms with Crippen molar-refractivity contribution < 1.29 is 14.3 Å². The van der Waals surface area contributed by atoms with Gasteiger partial charge in [0.05, 0.1) is 28.5 Å². The molecular formula is C31H24N2O4S. The second-order valence-electron chi connectivity index (χ2n) is 8.41. The molecule has 7 heteroatoms. The zero-order valence-electron chi connectivity index (χ0n) is 20.7. The summed E-state index contributed by atoms with van der Waals surface area (Å²) in [6.07, 6.45) is 7.10. The highest BCUT2D eigenvalue weighted by Gasteiger charge is 2.35. The van der Waals surface area contributed by atoms with Crippen molar-refractivity contribution in [2.24, 2.45) is 4.99 Å². The molecule has 188 valence electrons. The largest absolute Gasteiger partial charge is 0.481 e. The van der Waals surface area contributed by atoms with Crippen LogP contribution in [-0.2, 0) is 9.53 Å². The van der Waals surface area contributed by atoms with Gasteiger partial charge in [-0.2, -0.15) is 0 Å². The molecule has 0 bridgehead atoms. The van der Waals surface area contributed by atoms with Crippen LogP contribution < -0.4 is 19.6 Å². The third-order valence-electron chi connectivity index (χ3n) is 5.97. The molecule has 38 heavy (non-hydrogen) atoms. The minimum Gasteiger partial charge on any atom is -0.481 e. The minimum atomic E-state index is -0.700. The Labute approximate surface area is 223 Å². The Kier molecular flexibility index (Phi) is 7.34. The summed E-state index contributed by atoms with van der Waals surface area (Å²) < 4.78 is 13.1. The van der Waals surface area contributed by atoms with Crippen LogP contribution in [0.2, 0.25) is 0 Å². The molecule has 1 atom stereocenters. The predicted molar refractivity (Wildman–Crippen MR) is 148 cm³/mol. The number of fused-ring (bicyclic) bond motifs is 1. The molecule has 3 aromatic carbocycles. The second-order valence-corrected chi connectivity index (χ2v) is 9.42. The number of carbonyl (C=O) groups excluding carboxylic acids is 1. The number of aromatic nitrogens is 1. The van der Waals surface area contributed by atoms with Crippen molar-refractivity contribution in [1.82, 2.24) is 4.57 Å².